The van der Waals surface area contributed by atoms with Gasteiger partial charge in [0.05, 0.1) is 19.8 Å². The first kappa shape index (κ1) is 76.0. The van der Waals surface area contributed by atoms with Crippen LogP contribution in [0.1, 0.15) is 342 Å². The van der Waals surface area contributed by atoms with Crippen LogP contribution < -0.4 is 0 Å². The van der Waals surface area contributed by atoms with Crippen molar-refractivity contribution in [2.75, 3.05) is 78.7 Å². The normalized spacial score (nSPS) is 14.8. The van der Waals surface area contributed by atoms with Crippen molar-refractivity contribution >= 4 is 19.8 Å². The van der Waals surface area contributed by atoms with Gasteiger partial charge >= 0.3 is 19.8 Å². The Bertz CT molecular complexity index is 1290. The molecule has 0 unspecified atom stereocenters. The van der Waals surface area contributed by atoms with Crippen molar-refractivity contribution in [3.05, 3.63) is 0 Å². The number of phosphoric acid groups is 1. The number of esters is 2. The van der Waals surface area contributed by atoms with Crippen LogP contribution in [0.25, 0.3) is 0 Å². The molecule has 0 spiro atoms. The molecule has 12 heteroatoms. The predicted molar refractivity (Wildman–Crippen MR) is 343 cm³/mol. The van der Waals surface area contributed by atoms with E-state index in [1.807, 2.05) is 0 Å². The lowest BCUT2D eigenvalue weighted by Gasteiger charge is -2.30. The SMILES string of the molecule is CCCCCCCCC(CCCCCCCC)OC(=O)CCCCCCCOP(=O)(OCCCCCCCC(=O)OC(CCCCCCCC)CCCCCCCC)OCCCN(CCCN1CCCCC1)CCCN1CCCCC1. The maximum atomic E-state index is 14.3. The number of rotatable bonds is 61. The van der Waals surface area contributed by atoms with Crippen LogP contribution in [0.5, 0.6) is 0 Å². The number of phosphoric ester groups is 1. The van der Waals surface area contributed by atoms with E-state index in [9.17, 15) is 14.2 Å². The second-order valence-electron chi connectivity index (χ2n) is 25.1. The summed E-state index contributed by atoms with van der Waals surface area (Å²) in [4.78, 5) is 33.9. The molecule has 2 rings (SSSR count). The Morgan fingerprint density at radius 3 is 0.988 bits per heavy atom. The Labute approximate surface area is 502 Å². The molecule has 2 fully saturated rings. The molecule has 0 N–H and O–H groups in total. The zero-order valence-corrected chi connectivity index (χ0v) is 55.2. The number of hydrogen-bond donors (Lipinski definition) is 0. The number of likely N-dealkylation sites (tertiary alicyclic amines) is 2. The van der Waals surface area contributed by atoms with Gasteiger partial charge in [-0.2, -0.15) is 0 Å². The lowest BCUT2D eigenvalue weighted by molar-refractivity contribution is -0.151. The van der Waals surface area contributed by atoms with E-state index in [4.69, 9.17) is 23.0 Å². The molecule has 480 valence electrons. The second-order valence-corrected chi connectivity index (χ2v) is 26.8. The molecule has 2 saturated heterocycles. The number of piperidine rings is 2. The van der Waals surface area contributed by atoms with Crippen molar-refractivity contribution in [3.8, 4) is 0 Å². The molecule has 0 bridgehead atoms. The molecule has 0 saturated carbocycles. The van der Waals surface area contributed by atoms with Crippen molar-refractivity contribution in [1.29, 1.82) is 0 Å². The molecule has 0 radical (unpaired) electrons. The second kappa shape index (κ2) is 56.7. The van der Waals surface area contributed by atoms with Crippen LogP contribution in [0, 0.1) is 0 Å². The Balaban J connectivity index is 1.85. The molecule has 0 aromatic rings. The maximum absolute atomic E-state index is 14.3. The molecule has 0 aromatic heterocycles. The Kier molecular flexibility index (Phi) is 53.2. The maximum Gasteiger partial charge on any atom is 0.474 e. The van der Waals surface area contributed by atoms with E-state index < -0.39 is 7.82 Å². The molecule has 81 heavy (non-hydrogen) atoms. The monoisotopic (exact) mass is 1170 g/mol. The third kappa shape index (κ3) is 47.7. The van der Waals surface area contributed by atoms with Gasteiger partial charge in [0.15, 0.2) is 0 Å². The fourth-order valence-corrected chi connectivity index (χ4v) is 13.4. The highest BCUT2D eigenvalue weighted by molar-refractivity contribution is 7.48. The third-order valence-electron chi connectivity index (χ3n) is 17.3. The summed E-state index contributed by atoms with van der Waals surface area (Å²) >= 11 is 0. The van der Waals surface area contributed by atoms with Crippen LogP contribution >= 0.6 is 7.82 Å². The number of nitrogens with zero attached hydrogens (tertiary/aromatic N) is 3. The average molecular weight is 1170 g/mol. The summed E-state index contributed by atoms with van der Waals surface area (Å²) in [6.45, 7) is 20.4. The van der Waals surface area contributed by atoms with Crippen molar-refractivity contribution in [2.24, 2.45) is 0 Å². The van der Waals surface area contributed by atoms with Gasteiger partial charge in [-0.1, -0.05) is 207 Å². The fourth-order valence-electron chi connectivity index (χ4n) is 12.1. The Morgan fingerprint density at radius 1 is 0.358 bits per heavy atom. The first-order valence-electron chi connectivity index (χ1n) is 35.9. The number of carbonyl (C=O) groups excluding carboxylic acids is 2. The van der Waals surface area contributed by atoms with E-state index in [2.05, 4.69) is 42.4 Å². The zero-order chi connectivity index (χ0) is 58.2. The lowest BCUT2D eigenvalue weighted by atomic mass is 10.0. The van der Waals surface area contributed by atoms with Crippen LogP contribution in [-0.4, -0.2) is 118 Å². The zero-order valence-electron chi connectivity index (χ0n) is 54.3. The highest BCUT2D eigenvalue weighted by Crippen LogP contribution is 2.50. The molecule has 0 amide bonds. The van der Waals surface area contributed by atoms with Gasteiger partial charge in [0.25, 0.3) is 0 Å². The smallest absolute Gasteiger partial charge is 0.462 e. The number of carbonyl (C=O) groups is 2. The molecule has 11 nitrogen and oxygen atoms in total. The molecule has 0 atom stereocenters. The van der Waals surface area contributed by atoms with E-state index in [0.29, 0.717) is 32.7 Å². The fraction of sp³-hybridized carbons (Fsp3) is 0.971. The van der Waals surface area contributed by atoms with E-state index >= 15 is 0 Å². The molecule has 0 aliphatic carbocycles. The minimum atomic E-state index is -3.75. The molecule has 2 aliphatic rings. The number of ether oxygens (including phenoxy) is 2. The van der Waals surface area contributed by atoms with Crippen LogP contribution in [0.15, 0.2) is 0 Å². The van der Waals surface area contributed by atoms with Crippen LogP contribution in [-0.2, 0) is 37.2 Å². The summed E-state index contributed by atoms with van der Waals surface area (Å²) in [5, 5.41) is 0. The Hall–Kier alpha value is -1.07. The highest BCUT2D eigenvalue weighted by atomic mass is 31.2. The van der Waals surface area contributed by atoms with Gasteiger partial charge in [0.2, 0.25) is 0 Å². The average Bonchev–Trinajstić information content (AvgIpc) is 3.47. The van der Waals surface area contributed by atoms with Crippen molar-refractivity contribution in [1.82, 2.24) is 14.7 Å². The predicted octanol–water partition coefficient (Wildman–Crippen LogP) is 20.1. The third-order valence-corrected chi connectivity index (χ3v) is 18.8. The standard InChI is InChI=1S/C69H136N3O8P/c1-5-9-13-17-23-33-48-66(49-34-24-18-14-10-6-2)79-68(73)52-37-27-21-29-43-63-76-81(75,78-65-47-62-72(60-45-58-70-54-39-31-40-55-70)61-46-59-71-56-41-32-42-57-71)77-64-44-30-22-28-38-53-69(74)80-67(50-35-25-19-15-11-7-3)51-36-26-20-16-12-8-4/h66-67H,5-65H2,1-4H3. The van der Waals surface area contributed by atoms with Gasteiger partial charge in [-0.05, 0) is 174 Å². The molecular formula is C69H136N3O8P. The molecule has 2 heterocycles. The first-order chi connectivity index (χ1) is 39.8. The number of unbranched alkanes of at least 4 members (excludes halogenated alkanes) is 28. The summed E-state index contributed by atoms with van der Waals surface area (Å²) in [6, 6.07) is 0. The topological polar surface area (TPSA) is 107 Å². The molecular weight excluding hydrogens is 1030 g/mol. The van der Waals surface area contributed by atoms with Gasteiger partial charge in [0, 0.05) is 19.4 Å². The summed E-state index contributed by atoms with van der Waals surface area (Å²) in [5.74, 6) is -0.0655. The summed E-state index contributed by atoms with van der Waals surface area (Å²) in [6.07, 6.45) is 55.5. The summed E-state index contributed by atoms with van der Waals surface area (Å²) < 4.78 is 44.7. The van der Waals surface area contributed by atoms with Gasteiger partial charge < -0.3 is 24.2 Å². The van der Waals surface area contributed by atoms with Crippen molar-refractivity contribution in [2.45, 2.75) is 355 Å². The Morgan fingerprint density at radius 2 is 0.642 bits per heavy atom. The van der Waals surface area contributed by atoms with Crippen molar-refractivity contribution in [3.63, 3.8) is 0 Å². The van der Waals surface area contributed by atoms with Gasteiger partial charge in [0.1, 0.15) is 12.2 Å². The van der Waals surface area contributed by atoms with Crippen LogP contribution in [0.3, 0.4) is 0 Å². The van der Waals surface area contributed by atoms with Gasteiger partial charge in [-0.15, -0.1) is 0 Å². The first-order valence-corrected chi connectivity index (χ1v) is 37.4. The molecule has 2 aliphatic heterocycles. The van der Waals surface area contributed by atoms with Crippen molar-refractivity contribution < 1.29 is 37.2 Å². The van der Waals surface area contributed by atoms with Gasteiger partial charge in [-0.25, -0.2) is 4.57 Å². The summed E-state index contributed by atoms with van der Waals surface area (Å²) in [5.41, 5.74) is 0. The van der Waals surface area contributed by atoms with Crippen LogP contribution in [0.2, 0.25) is 0 Å². The largest absolute Gasteiger partial charge is 0.474 e. The molecule has 0 aromatic carbocycles. The van der Waals surface area contributed by atoms with E-state index in [0.717, 1.165) is 142 Å². The van der Waals surface area contributed by atoms with E-state index in [1.54, 1.807) is 0 Å². The van der Waals surface area contributed by atoms with Crippen LogP contribution in [0.4, 0.5) is 0 Å². The number of hydrogen-bond acceptors (Lipinski definition) is 11. The van der Waals surface area contributed by atoms with Gasteiger partial charge in [-0.3, -0.25) is 23.2 Å². The highest BCUT2D eigenvalue weighted by Gasteiger charge is 2.27. The summed E-state index contributed by atoms with van der Waals surface area (Å²) in [7, 11) is -3.75. The lowest BCUT2D eigenvalue weighted by Crippen LogP contribution is -2.36. The van der Waals surface area contributed by atoms with E-state index in [1.165, 1.54) is 219 Å². The van der Waals surface area contributed by atoms with E-state index in [-0.39, 0.29) is 24.1 Å². The minimum absolute atomic E-state index is 0.0327. The minimum Gasteiger partial charge on any atom is -0.462 e. The quantitative estimate of drug-likeness (QED) is 0.0330.